The zero-order chi connectivity index (χ0) is 10.1. The molecule has 2 heteroatoms. The summed E-state index contributed by atoms with van der Waals surface area (Å²) in [6.07, 6.45) is -0.399. The molecule has 2 nitrogen and oxygen atoms in total. The molecule has 1 aromatic rings. The van der Waals surface area contributed by atoms with E-state index in [-0.39, 0.29) is 24.2 Å². The van der Waals surface area contributed by atoms with Crippen LogP contribution in [0.15, 0.2) is 30.3 Å². The molecule has 0 radical (unpaired) electrons. The summed E-state index contributed by atoms with van der Waals surface area (Å²) in [4.78, 5) is 0. The maximum absolute atomic E-state index is 9.96. The molecule has 76 valence electrons. The van der Waals surface area contributed by atoms with E-state index >= 15 is 0 Å². The molecule has 14 heavy (non-hydrogen) atoms. The number of aliphatic hydroxyl groups excluding tert-OH is 1. The van der Waals surface area contributed by atoms with E-state index in [9.17, 15) is 5.11 Å². The number of benzene rings is 1. The third kappa shape index (κ3) is 1.56. The predicted octanol–water partition coefficient (Wildman–Crippen LogP) is 2.14. The Morgan fingerprint density at radius 2 is 1.79 bits per heavy atom. The largest absolute Gasteiger partial charge is 0.390 e. The highest BCUT2D eigenvalue weighted by Crippen LogP contribution is 2.36. The summed E-state index contributed by atoms with van der Waals surface area (Å²) < 4.78 is 5.72. The van der Waals surface area contributed by atoms with Gasteiger partial charge in [0.15, 0.2) is 0 Å². The van der Waals surface area contributed by atoms with Gasteiger partial charge in [-0.05, 0) is 12.5 Å². The molecule has 1 fully saturated rings. The van der Waals surface area contributed by atoms with E-state index in [1.165, 1.54) is 0 Å². The van der Waals surface area contributed by atoms with E-state index in [1.54, 1.807) is 0 Å². The molecule has 0 bridgehead atoms. The van der Waals surface area contributed by atoms with Gasteiger partial charge in [0.1, 0.15) is 6.10 Å². The molecule has 4 atom stereocenters. The molecule has 0 aromatic heterocycles. The van der Waals surface area contributed by atoms with E-state index in [0.29, 0.717) is 0 Å². The van der Waals surface area contributed by atoms with Crippen molar-refractivity contribution in [1.29, 1.82) is 0 Å². The Hall–Kier alpha value is -0.860. The van der Waals surface area contributed by atoms with Crippen molar-refractivity contribution in [2.24, 2.45) is 5.92 Å². The van der Waals surface area contributed by atoms with E-state index in [0.717, 1.165) is 5.56 Å². The fourth-order valence-corrected chi connectivity index (χ4v) is 1.91. The van der Waals surface area contributed by atoms with Crippen molar-refractivity contribution in [3.05, 3.63) is 35.9 Å². The average Bonchev–Trinajstić information content (AvgIpc) is 2.47. The molecule has 1 aliphatic rings. The van der Waals surface area contributed by atoms with Crippen molar-refractivity contribution in [2.75, 3.05) is 0 Å². The van der Waals surface area contributed by atoms with Gasteiger partial charge >= 0.3 is 0 Å². The van der Waals surface area contributed by atoms with Crippen LogP contribution in [-0.4, -0.2) is 17.3 Å². The molecule has 0 aliphatic carbocycles. The molecular weight excluding hydrogens is 176 g/mol. The van der Waals surface area contributed by atoms with Crippen LogP contribution in [0.4, 0.5) is 0 Å². The van der Waals surface area contributed by atoms with Gasteiger partial charge in [0.05, 0.1) is 12.2 Å². The van der Waals surface area contributed by atoms with Gasteiger partial charge < -0.3 is 9.84 Å². The monoisotopic (exact) mass is 192 g/mol. The predicted molar refractivity (Wildman–Crippen MR) is 54.9 cm³/mol. The van der Waals surface area contributed by atoms with Gasteiger partial charge in [-0.2, -0.15) is 0 Å². The summed E-state index contributed by atoms with van der Waals surface area (Å²) in [7, 11) is 0. The van der Waals surface area contributed by atoms with Crippen LogP contribution in [-0.2, 0) is 4.74 Å². The molecule has 1 N–H and O–H groups in total. The van der Waals surface area contributed by atoms with Gasteiger partial charge in [-0.25, -0.2) is 0 Å². The first kappa shape index (κ1) is 9.69. The van der Waals surface area contributed by atoms with Crippen molar-refractivity contribution in [1.82, 2.24) is 0 Å². The lowest BCUT2D eigenvalue weighted by Gasteiger charge is -2.15. The molecule has 0 spiro atoms. The van der Waals surface area contributed by atoms with Crippen LogP contribution in [0.5, 0.6) is 0 Å². The summed E-state index contributed by atoms with van der Waals surface area (Å²) in [6, 6.07) is 9.91. The summed E-state index contributed by atoms with van der Waals surface area (Å²) in [6.45, 7) is 4.04. The third-order valence-electron chi connectivity index (χ3n) is 3.08. The average molecular weight is 192 g/mol. The lowest BCUT2D eigenvalue weighted by molar-refractivity contribution is 0.0151. The van der Waals surface area contributed by atoms with Crippen molar-refractivity contribution >= 4 is 0 Å². The number of hydrogen-bond donors (Lipinski definition) is 1. The molecule has 1 aromatic carbocycles. The quantitative estimate of drug-likeness (QED) is 0.738. The maximum atomic E-state index is 9.96. The topological polar surface area (TPSA) is 29.5 Å². The number of ether oxygens (including phenoxy) is 1. The fraction of sp³-hybridized carbons (Fsp3) is 0.500. The van der Waals surface area contributed by atoms with Crippen LogP contribution in [0.2, 0.25) is 0 Å². The van der Waals surface area contributed by atoms with Crippen LogP contribution < -0.4 is 0 Å². The molecule has 1 aliphatic heterocycles. The van der Waals surface area contributed by atoms with Crippen LogP contribution in [0.25, 0.3) is 0 Å². The second-order valence-electron chi connectivity index (χ2n) is 4.02. The van der Waals surface area contributed by atoms with Crippen LogP contribution in [0.1, 0.15) is 25.5 Å². The Labute approximate surface area is 84.5 Å². The Morgan fingerprint density at radius 1 is 1.14 bits per heavy atom. The summed E-state index contributed by atoms with van der Waals surface area (Å²) in [5.41, 5.74) is 1.07. The molecule has 0 unspecified atom stereocenters. The molecule has 1 saturated heterocycles. The van der Waals surface area contributed by atoms with Crippen molar-refractivity contribution in [3.8, 4) is 0 Å². The first-order valence-corrected chi connectivity index (χ1v) is 5.08. The molecule has 0 saturated carbocycles. The van der Waals surface area contributed by atoms with Crippen molar-refractivity contribution < 1.29 is 9.84 Å². The van der Waals surface area contributed by atoms with Gasteiger partial charge in [-0.15, -0.1) is 0 Å². The van der Waals surface area contributed by atoms with E-state index in [2.05, 4.69) is 0 Å². The van der Waals surface area contributed by atoms with E-state index in [1.807, 2.05) is 44.2 Å². The Bertz CT molecular complexity index is 296. The number of hydrogen-bond acceptors (Lipinski definition) is 2. The normalized spacial score (nSPS) is 37.4. The summed E-state index contributed by atoms with van der Waals surface area (Å²) >= 11 is 0. The zero-order valence-corrected chi connectivity index (χ0v) is 8.55. The number of rotatable bonds is 1. The standard InChI is InChI=1S/C12H16O2/c1-8-9(2)14-12(11(8)13)10-6-4-3-5-7-10/h3-9,11-13H,1-2H3/t8-,9+,11-,12-/m1/s1. The summed E-state index contributed by atoms with van der Waals surface area (Å²) in [5, 5.41) is 9.96. The summed E-state index contributed by atoms with van der Waals surface area (Å²) in [5.74, 6) is 0.209. The second kappa shape index (κ2) is 3.71. The lowest BCUT2D eigenvalue weighted by atomic mass is 9.96. The highest BCUT2D eigenvalue weighted by atomic mass is 16.5. The van der Waals surface area contributed by atoms with E-state index < -0.39 is 0 Å². The third-order valence-corrected chi connectivity index (χ3v) is 3.08. The van der Waals surface area contributed by atoms with Gasteiger partial charge in [0.2, 0.25) is 0 Å². The van der Waals surface area contributed by atoms with Crippen molar-refractivity contribution in [3.63, 3.8) is 0 Å². The van der Waals surface area contributed by atoms with Crippen LogP contribution in [0, 0.1) is 5.92 Å². The smallest absolute Gasteiger partial charge is 0.109 e. The van der Waals surface area contributed by atoms with Gasteiger partial charge in [0, 0.05) is 5.92 Å². The highest BCUT2D eigenvalue weighted by molar-refractivity contribution is 5.20. The first-order chi connectivity index (χ1) is 6.70. The minimum atomic E-state index is -0.382. The van der Waals surface area contributed by atoms with Crippen LogP contribution >= 0.6 is 0 Å². The minimum Gasteiger partial charge on any atom is -0.390 e. The maximum Gasteiger partial charge on any atom is 0.109 e. The Kier molecular flexibility index (Phi) is 2.57. The SMILES string of the molecule is C[C@H]1[C@@H](O)[C@@H](c2ccccc2)O[C@H]1C. The molecule has 2 rings (SSSR count). The van der Waals surface area contributed by atoms with E-state index in [4.69, 9.17) is 4.74 Å². The first-order valence-electron chi connectivity index (χ1n) is 5.08. The Morgan fingerprint density at radius 3 is 2.29 bits per heavy atom. The fourth-order valence-electron chi connectivity index (χ4n) is 1.91. The van der Waals surface area contributed by atoms with Gasteiger partial charge in [-0.1, -0.05) is 37.3 Å². The highest BCUT2D eigenvalue weighted by Gasteiger charge is 2.38. The lowest BCUT2D eigenvalue weighted by Crippen LogP contribution is -2.20. The minimum absolute atomic E-state index is 0.134. The molecule has 1 heterocycles. The zero-order valence-electron chi connectivity index (χ0n) is 8.55. The molecule has 0 amide bonds. The Balaban J connectivity index is 2.21. The van der Waals surface area contributed by atoms with Gasteiger partial charge in [-0.3, -0.25) is 0 Å². The van der Waals surface area contributed by atoms with Crippen molar-refractivity contribution in [2.45, 2.75) is 32.2 Å². The number of aliphatic hydroxyl groups is 1. The van der Waals surface area contributed by atoms with Crippen LogP contribution in [0.3, 0.4) is 0 Å². The second-order valence-corrected chi connectivity index (χ2v) is 4.02. The molecular formula is C12H16O2. The van der Waals surface area contributed by atoms with Gasteiger partial charge in [0.25, 0.3) is 0 Å².